The molecule has 0 atom stereocenters. The average Bonchev–Trinajstić information content (AvgIpc) is 3.60. The SMILES string of the molecule is Cc1ccc(C(=O)N2CCCN(S(C)(=O)=O)CC3(CC3)CN(S(=O)(=O)N3CCCCC3)CCC2)cc1. The van der Waals surface area contributed by atoms with E-state index in [-0.39, 0.29) is 11.3 Å². The van der Waals surface area contributed by atoms with Crippen LogP contribution in [0.1, 0.15) is 60.9 Å². The monoisotopic (exact) mass is 540 g/mol. The molecule has 0 N–H and O–H groups in total. The molecule has 0 aromatic heterocycles. The van der Waals surface area contributed by atoms with Gasteiger partial charge >= 0.3 is 0 Å². The van der Waals surface area contributed by atoms with E-state index in [0.717, 1.165) is 37.7 Å². The fourth-order valence-corrected chi connectivity index (χ4v) is 8.07. The number of sulfonamides is 1. The zero-order chi connectivity index (χ0) is 26.0. The van der Waals surface area contributed by atoms with Gasteiger partial charge in [0.2, 0.25) is 10.0 Å². The number of hydrogen-bond donors (Lipinski definition) is 0. The Kier molecular flexibility index (Phi) is 8.45. The van der Waals surface area contributed by atoms with Crippen LogP contribution in [0.25, 0.3) is 0 Å². The lowest BCUT2D eigenvalue weighted by molar-refractivity contribution is 0.0742. The molecule has 1 aromatic carbocycles. The summed E-state index contributed by atoms with van der Waals surface area (Å²) >= 11 is 0. The highest BCUT2D eigenvalue weighted by Crippen LogP contribution is 2.48. The van der Waals surface area contributed by atoms with Crippen molar-refractivity contribution in [3.05, 3.63) is 35.4 Å². The third-order valence-electron chi connectivity index (χ3n) is 7.67. The predicted molar refractivity (Wildman–Crippen MR) is 140 cm³/mol. The van der Waals surface area contributed by atoms with E-state index in [4.69, 9.17) is 0 Å². The first kappa shape index (κ1) is 27.5. The molecule has 1 aromatic rings. The first-order valence-electron chi connectivity index (χ1n) is 13.1. The Balaban J connectivity index is 1.58. The number of carbonyl (C=O) groups is 1. The Morgan fingerprint density at radius 2 is 1.25 bits per heavy atom. The molecule has 2 heterocycles. The first-order chi connectivity index (χ1) is 17.0. The summed E-state index contributed by atoms with van der Waals surface area (Å²) in [4.78, 5) is 15.0. The molecule has 4 rings (SSSR count). The average molecular weight is 541 g/mol. The van der Waals surface area contributed by atoms with Gasteiger partial charge in [-0.3, -0.25) is 4.79 Å². The van der Waals surface area contributed by atoms with Gasteiger partial charge in [0.05, 0.1) is 6.26 Å². The number of piperidine rings is 1. The van der Waals surface area contributed by atoms with E-state index in [0.29, 0.717) is 70.8 Å². The number of hydrogen-bond acceptors (Lipinski definition) is 5. The fourth-order valence-electron chi connectivity index (χ4n) is 5.26. The zero-order valence-corrected chi connectivity index (χ0v) is 23.2. The summed E-state index contributed by atoms with van der Waals surface area (Å²) in [5.74, 6) is -0.109. The second-order valence-electron chi connectivity index (χ2n) is 10.8. The Hall–Kier alpha value is -1.53. The lowest BCUT2D eigenvalue weighted by Crippen LogP contribution is -2.50. The molecule has 1 amide bonds. The second kappa shape index (κ2) is 11.1. The number of amides is 1. The van der Waals surface area contributed by atoms with Crippen molar-refractivity contribution in [1.82, 2.24) is 17.8 Å². The van der Waals surface area contributed by atoms with E-state index < -0.39 is 20.2 Å². The van der Waals surface area contributed by atoms with E-state index >= 15 is 0 Å². The van der Waals surface area contributed by atoms with Crippen molar-refractivity contribution in [2.45, 2.75) is 51.9 Å². The van der Waals surface area contributed by atoms with Gasteiger partial charge in [0, 0.05) is 57.9 Å². The Morgan fingerprint density at radius 1 is 0.722 bits per heavy atom. The van der Waals surface area contributed by atoms with E-state index in [1.807, 2.05) is 19.1 Å². The van der Waals surface area contributed by atoms with Crippen LogP contribution >= 0.6 is 0 Å². The van der Waals surface area contributed by atoms with Crippen molar-refractivity contribution >= 4 is 26.1 Å². The van der Waals surface area contributed by atoms with Crippen LogP contribution in [-0.4, -0.2) is 99.2 Å². The predicted octanol–water partition coefficient (Wildman–Crippen LogP) is 2.31. The first-order valence-corrected chi connectivity index (χ1v) is 16.3. The lowest BCUT2D eigenvalue weighted by atomic mass is 10.1. The third-order valence-corrected chi connectivity index (χ3v) is 10.9. The standard InChI is InChI=1S/C25H40N4O5S2/c1-22-8-10-23(11-9-22)24(30)26-14-6-18-28(35(2,31)32)20-25(12-13-25)21-29(19-7-15-26)36(33,34)27-16-4-3-5-17-27/h8-11H,3-7,12-21H2,1-2H3. The molecule has 3 aliphatic rings. The largest absolute Gasteiger partial charge is 0.339 e. The van der Waals surface area contributed by atoms with Crippen LogP contribution in [0.2, 0.25) is 0 Å². The summed E-state index contributed by atoms with van der Waals surface area (Å²) in [7, 11) is -7.12. The van der Waals surface area contributed by atoms with Gasteiger partial charge in [-0.15, -0.1) is 0 Å². The molecule has 202 valence electrons. The van der Waals surface area contributed by atoms with Crippen LogP contribution < -0.4 is 0 Å². The topological polar surface area (TPSA) is 98.3 Å². The maximum Gasteiger partial charge on any atom is 0.281 e. The minimum absolute atomic E-state index is 0.109. The van der Waals surface area contributed by atoms with Crippen LogP contribution in [-0.2, 0) is 20.2 Å². The summed E-state index contributed by atoms with van der Waals surface area (Å²) in [5.41, 5.74) is 1.32. The summed E-state index contributed by atoms with van der Waals surface area (Å²) in [6, 6.07) is 7.41. The lowest BCUT2D eigenvalue weighted by Gasteiger charge is -2.36. The number of rotatable bonds is 4. The van der Waals surface area contributed by atoms with Gasteiger partial charge in [0.25, 0.3) is 16.1 Å². The van der Waals surface area contributed by atoms with Gasteiger partial charge < -0.3 is 4.90 Å². The van der Waals surface area contributed by atoms with E-state index in [1.54, 1.807) is 25.6 Å². The molecule has 2 aliphatic heterocycles. The molecular weight excluding hydrogens is 500 g/mol. The highest BCUT2D eigenvalue weighted by molar-refractivity contribution is 7.88. The van der Waals surface area contributed by atoms with Crippen molar-refractivity contribution in [1.29, 1.82) is 0 Å². The molecule has 9 nitrogen and oxygen atoms in total. The Morgan fingerprint density at radius 3 is 1.81 bits per heavy atom. The smallest absolute Gasteiger partial charge is 0.281 e. The summed E-state index contributed by atoms with van der Waals surface area (Å²) < 4.78 is 57.2. The van der Waals surface area contributed by atoms with Crippen molar-refractivity contribution < 1.29 is 21.6 Å². The summed E-state index contributed by atoms with van der Waals surface area (Å²) in [5, 5.41) is 0. The van der Waals surface area contributed by atoms with Crippen LogP contribution in [0.15, 0.2) is 24.3 Å². The van der Waals surface area contributed by atoms with Crippen LogP contribution in [0.4, 0.5) is 0 Å². The van der Waals surface area contributed by atoms with Crippen LogP contribution in [0.3, 0.4) is 0 Å². The molecule has 3 fully saturated rings. The molecule has 1 aliphatic carbocycles. The highest BCUT2D eigenvalue weighted by Gasteiger charge is 2.49. The maximum absolute atomic E-state index is 13.7. The molecule has 1 saturated carbocycles. The van der Waals surface area contributed by atoms with E-state index in [9.17, 15) is 21.6 Å². The number of aryl methyl sites for hydroxylation is 1. The maximum atomic E-state index is 13.7. The fraction of sp³-hybridized carbons (Fsp3) is 0.720. The molecule has 0 radical (unpaired) electrons. The number of carbonyl (C=O) groups excluding carboxylic acids is 1. The Labute approximate surface area is 216 Å². The third kappa shape index (κ3) is 6.66. The van der Waals surface area contributed by atoms with Gasteiger partial charge in [-0.25, -0.2) is 12.7 Å². The minimum atomic E-state index is -3.66. The normalized spacial score (nSPS) is 23.7. The Bertz CT molecular complexity index is 1130. The van der Waals surface area contributed by atoms with Crippen LogP contribution in [0, 0.1) is 12.3 Å². The number of nitrogens with zero attached hydrogens (tertiary/aromatic N) is 4. The summed E-state index contributed by atoms with van der Waals surface area (Å²) in [6.45, 7) is 5.14. The molecule has 36 heavy (non-hydrogen) atoms. The van der Waals surface area contributed by atoms with E-state index in [1.165, 1.54) is 10.6 Å². The highest BCUT2D eigenvalue weighted by atomic mass is 32.2. The van der Waals surface area contributed by atoms with Gasteiger partial charge in [0.15, 0.2) is 0 Å². The molecular formula is C25H40N4O5S2. The van der Waals surface area contributed by atoms with E-state index in [2.05, 4.69) is 0 Å². The summed E-state index contributed by atoms with van der Waals surface area (Å²) in [6.07, 6.45) is 6.69. The van der Waals surface area contributed by atoms with Gasteiger partial charge in [-0.1, -0.05) is 24.1 Å². The van der Waals surface area contributed by atoms with Crippen molar-refractivity contribution in [2.24, 2.45) is 5.41 Å². The quantitative estimate of drug-likeness (QED) is 0.584. The van der Waals surface area contributed by atoms with Gasteiger partial charge in [0.1, 0.15) is 0 Å². The zero-order valence-electron chi connectivity index (χ0n) is 21.6. The molecule has 0 unspecified atom stereocenters. The molecule has 0 bridgehead atoms. The van der Waals surface area contributed by atoms with Crippen molar-refractivity contribution in [3.63, 3.8) is 0 Å². The second-order valence-corrected chi connectivity index (χ2v) is 14.7. The minimum Gasteiger partial charge on any atom is -0.339 e. The van der Waals surface area contributed by atoms with Gasteiger partial charge in [-0.2, -0.15) is 17.0 Å². The van der Waals surface area contributed by atoms with Crippen LogP contribution in [0.5, 0.6) is 0 Å². The van der Waals surface area contributed by atoms with Crippen molar-refractivity contribution in [3.8, 4) is 0 Å². The van der Waals surface area contributed by atoms with Crippen molar-refractivity contribution in [2.75, 3.05) is 58.6 Å². The van der Waals surface area contributed by atoms with Gasteiger partial charge in [-0.05, 0) is 63.0 Å². The number of benzene rings is 1. The molecule has 2 saturated heterocycles. The molecule has 11 heteroatoms. The molecule has 1 spiro atoms.